The van der Waals surface area contributed by atoms with Gasteiger partial charge in [0.15, 0.2) is 5.79 Å². The number of fused-ring (bicyclic) bond motifs is 2. The van der Waals surface area contributed by atoms with Gasteiger partial charge in [0.25, 0.3) is 0 Å². The molecule has 0 unspecified atom stereocenters. The Bertz CT molecular complexity index is 251. The predicted molar refractivity (Wildman–Crippen MR) is 46.1 cm³/mol. The van der Waals surface area contributed by atoms with Crippen LogP contribution in [0.15, 0.2) is 0 Å². The molecular formula is C10H16O3. The second-order valence-electron chi connectivity index (χ2n) is 5.16. The van der Waals surface area contributed by atoms with Crippen LogP contribution >= 0.6 is 0 Å². The lowest BCUT2D eigenvalue weighted by Crippen LogP contribution is -2.35. The first-order chi connectivity index (χ1) is 5.99. The molecule has 3 nitrogen and oxygen atoms in total. The van der Waals surface area contributed by atoms with E-state index in [0.717, 1.165) is 19.3 Å². The third kappa shape index (κ3) is 1.14. The molecule has 3 heteroatoms. The Kier molecular flexibility index (Phi) is 1.33. The highest BCUT2D eigenvalue weighted by Crippen LogP contribution is 2.56. The van der Waals surface area contributed by atoms with Crippen LogP contribution in [0.5, 0.6) is 0 Å². The lowest BCUT2D eigenvalue weighted by Gasteiger charge is -2.25. The van der Waals surface area contributed by atoms with E-state index in [2.05, 4.69) is 0 Å². The molecule has 0 amide bonds. The molecule has 1 aliphatic heterocycles. The maximum atomic E-state index is 9.93. The van der Waals surface area contributed by atoms with Crippen molar-refractivity contribution in [3.05, 3.63) is 0 Å². The van der Waals surface area contributed by atoms with Gasteiger partial charge in [0.2, 0.25) is 0 Å². The van der Waals surface area contributed by atoms with E-state index in [1.807, 2.05) is 13.8 Å². The van der Waals surface area contributed by atoms with Crippen LogP contribution in [0.2, 0.25) is 0 Å². The molecule has 4 atom stereocenters. The second kappa shape index (κ2) is 2.10. The Hall–Kier alpha value is -0.120. The molecule has 0 aromatic rings. The highest BCUT2D eigenvalue weighted by atomic mass is 16.8. The summed E-state index contributed by atoms with van der Waals surface area (Å²) in [7, 11) is 0. The minimum absolute atomic E-state index is 0.124. The van der Waals surface area contributed by atoms with Crippen LogP contribution in [0.25, 0.3) is 0 Å². The van der Waals surface area contributed by atoms with Gasteiger partial charge in [-0.05, 0) is 32.6 Å². The van der Waals surface area contributed by atoms with Crippen molar-refractivity contribution >= 4 is 0 Å². The summed E-state index contributed by atoms with van der Waals surface area (Å²) in [6.07, 6.45) is 3.05. The molecule has 13 heavy (non-hydrogen) atoms. The van der Waals surface area contributed by atoms with Crippen molar-refractivity contribution in [1.29, 1.82) is 0 Å². The third-order valence-corrected chi connectivity index (χ3v) is 3.56. The van der Waals surface area contributed by atoms with E-state index in [-0.39, 0.29) is 12.2 Å². The zero-order valence-corrected chi connectivity index (χ0v) is 8.12. The predicted octanol–water partition coefficient (Wildman–Crippen LogP) is 1.05. The van der Waals surface area contributed by atoms with Crippen LogP contribution in [-0.2, 0) is 9.47 Å². The van der Waals surface area contributed by atoms with Gasteiger partial charge in [-0.25, -0.2) is 0 Å². The molecule has 2 saturated carbocycles. The summed E-state index contributed by atoms with van der Waals surface area (Å²) >= 11 is 0. The van der Waals surface area contributed by atoms with Crippen molar-refractivity contribution in [1.82, 2.24) is 0 Å². The monoisotopic (exact) mass is 184 g/mol. The van der Waals surface area contributed by atoms with Gasteiger partial charge in [-0.2, -0.15) is 0 Å². The molecule has 1 heterocycles. The largest absolute Gasteiger partial charge is 0.389 e. The van der Waals surface area contributed by atoms with Crippen molar-refractivity contribution in [3.8, 4) is 0 Å². The highest BCUT2D eigenvalue weighted by molar-refractivity contribution is 5.11. The molecule has 2 aliphatic carbocycles. The summed E-state index contributed by atoms with van der Waals surface area (Å²) in [6.45, 7) is 3.89. The van der Waals surface area contributed by atoms with Gasteiger partial charge in [-0.3, -0.25) is 0 Å². The molecule has 74 valence electrons. The quantitative estimate of drug-likeness (QED) is 0.611. The van der Waals surface area contributed by atoms with Gasteiger partial charge in [0, 0.05) is 6.42 Å². The zero-order chi connectivity index (χ0) is 9.27. The lowest BCUT2D eigenvalue weighted by atomic mass is 9.93. The molecule has 3 aliphatic rings. The van der Waals surface area contributed by atoms with E-state index in [0.29, 0.717) is 5.92 Å². The highest BCUT2D eigenvalue weighted by Gasteiger charge is 2.62. The zero-order valence-electron chi connectivity index (χ0n) is 8.12. The van der Waals surface area contributed by atoms with E-state index in [1.54, 1.807) is 0 Å². The Morgan fingerprint density at radius 1 is 1.15 bits per heavy atom. The summed E-state index contributed by atoms with van der Waals surface area (Å²) in [6, 6.07) is 0. The van der Waals surface area contributed by atoms with E-state index in [4.69, 9.17) is 9.47 Å². The maximum Gasteiger partial charge on any atom is 0.163 e. The Morgan fingerprint density at radius 3 is 2.62 bits per heavy atom. The van der Waals surface area contributed by atoms with Gasteiger partial charge < -0.3 is 14.6 Å². The van der Waals surface area contributed by atoms with Crippen LogP contribution < -0.4 is 0 Å². The standard InChI is InChI=1S/C10H16O3/c1-9(2)12-7-3-6-4-10(6,11)5-8(7)13-9/h6-8,11H,3-5H2,1-2H3/t6-,7-,8+,10+/m0/s1. The molecule has 3 fully saturated rings. The van der Waals surface area contributed by atoms with Crippen LogP contribution in [0.4, 0.5) is 0 Å². The summed E-state index contributed by atoms with van der Waals surface area (Å²) in [4.78, 5) is 0. The number of rotatable bonds is 0. The van der Waals surface area contributed by atoms with Crippen LogP contribution in [0, 0.1) is 5.92 Å². The smallest absolute Gasteiger partial charge is 0.163 e. The molecular weight excluding hydrogens is 168 g/mol. The normalized spacial score (nSPS) is 57.0. The fourth-order valence-corrected chi connectivity index (χ4v) is 2.83. The molecule has 3 rings (SSSR count). The van der Waals surface area contributed by atoms with Crippen molar-refractivity contribution < 1.29 is 14.6 Å². The number of aliphatic hydroxyl groups is 1. The van der Waals surface area contributed by atoms with Gasteiger partial charge in [0.1, 0.15) is 0 Å². The van der Waals surface area contributed by atoms with E-state index in [1.165, 1.54) is 0 Å². The molecule has 1 N–H and O–H groups in total. The number of hydrogen-bond acceptors (Lipinski definition) is 3. The first-order valence-electron chi connectivity index (χ1n) is 5.07. The van der Waals surface area contributed by atoms with Crippen LogP contribution in [0.1, 0.15) is 33.1 Å². The van der Waals surface area contributed by atoms with E-state index in [9.17, 15) is 5.11 Å². The van der Waals surface area contributed by atoms with Gasteiger partial charge >= 0.3 is 0 Å². The fraction of sp³-hybridized carbons (Fsp3) is 1.00. The molecule has 0 bridgehead atoms. The maximum absolute atomic E-state index is 9.93. The summed E-state index contributed by atoms with van der Waals surface area (Å²) in [5.41, 5.74) is -0.398. The Balaban J connectivity index is 1.79. The first-order valence-corrected chi connectivity index (χ1v) is 5.07. The molecule has 1 saturated heterocycles. The van der Waals surface area contributed by atoms with Crippen molar-refractivity contribution in [2.24, 2.45) is 5.92 Å². The topological polar surface area (TPSA) is 38.7 Å². The second-order valence-corrected chi connectivity index (χ2v) is 5.16. The minimum Gasteiger partial charge on any atom is -0.389 e. The van der Waals surface area contributed by atoms with Gasteiger partial charge in [0.05, 0.1) is 17.8 Å². The Labute approximate surface area is 78.0 Å². The summed E-state index contributed by atoms with van der Waals surface area (Å²) in [5.74, 6) is 0.0360. The fourth-order valence-electron chi connectivity index (χ4n) is 2.83. The average molecular weight is 184 g/mol. The number of hydrogen-bond donors (Lipinski definition) is 1. The molecule has 0 aromatic heterocycles. The Morgan fingerprint density at radius 2 is 1.85 bits per heavy atom. The lowest BCUT2D eigenvalue weighted by molar-refractivity contribution is -0.147. The van der Waals surface area contributed by atoms with Crippen molar-refractivity contribution in [2.75, 3.05) is 0 Å². The van der Waals surface area contributed by atoms with E-state index >= 15 is 0 Å². The van der Waals surface area contributed by atoms with E-state index < -0.39 is 11.4 Å². The average Bonchev–Trinajstić information content (AvgIpc) is 2.48. The molecule has 0 radical (unpaired) electrons. The third-order valence-electron chi connectivity index (χ3n) is 3.56. The molecule has 0 spiro atoms. The first kappa shape index (κ1) is 8.21. The van der Waals surface area contributed by atoms with Crippen molar-refractivity contribution in [2.45, 2.75) is 56.7 Å². The van der Waals surface area contributed by atoms with Gasteiger partial charge in [-0.1, -0.05) is 0 Å². The SMILES string of the molecule is CC1(C)O[C@H]2C[C@H]3C[C@@]3(O)C[C@H]2O1. The number of ether oxygens (including phenoxy) is 2. The van der Waals surface area contributed by atoms with Crippen LogP contribution in [-0.4, -0.2) is 28.7 Å². The molecule has 0 aromatic carbocycles. The summed E-state index contributed by atoms with van der Waals surface area (Å²) < 4.78 is 11.5. The summed E-state index contributed by atoms with van der Waals surface area (Å²) in [5, 5.41) is 9.93. The van der Waals surface area contributed by atoms with Gasteiger partial charge in [-0.15, -0.1) is 0 Å². The van der Waals surface area contributed by atoms with Crippen molar-refractivity contribution in [3.63, 3.8) is 0 Å². The van der Waals surface area contributed by atoms with Crippen LogP contribution in [0.3, 0.4) is 0 Å². The minimum atomic E-state index is -0.442.